The van der Waals surface area contributed by atoms with Crippen molar-refractivity contribution < 1.29 is 5.11 Å². The van der Waals surface area contributed by atoms with Gasteiger partial charge in [-0.2, -0.15) is 0 Å². The Kier molecular flexibility index (Phi) is 5.91. The molecule has 1 unspecified atom stereocenters. The van der Waals surface area contributed by atoms with Gasteiger partial charge in [0.05, 0.1) is 6.10 Å². The molecule has 1 atom stereocenters. The van der Waals surface area contributed by atoms with Gasteiger partial charge < -0.3 is 10.4 Å². The highest BCUT2D eigenvalue weighted by molar-refractivity contribution is 9.10. The van der Waals surface area contributed by atoms with Crippen LogP contribution in [0.25, 0.3) is 0 Å². The number of rotatable bonds is 6. The molecular weight excluding hydrogens is 254 g/mol. The molecule has 2 nitrogen and oxygen atoms in total. The monoisotopic (exact) mass is 271 g/mol. The predicted molar refractivity (Wildman–Crippen MR) is 66.9 cm³/mol. The van der Waals surface area contributed by atoms with Crippen LogP contribution < -0.4 is 5.32 Å². The lowest BCUT2D eigenvalue weighted by molar-refractivity contribution is 0.175. The molecule has 2 N–H and O–H groups in total. The Morgan fingerprint density at radius 1 is 1.33 bits per heavy atom. The van der Waals surface area contributed by atoms with Gasteiger partial charge in [0, 0.05) is 11.0 Å². The Labute approximate surface area is 99.8 Å². The Morgan fingerprint density at radius 3 is 2.60 bits per heavy atom. The van der Waals surface area contributed by atoms with Crippen LogP contribution in [0.5, 0.6) is 0 Å². The minimum Gasteiger partial charge on any atom is -0.387 e. The van der Waals surface area contributed by atoms with Crippen LogP contribution in [-0.4, -0.2) is 18.2 Å². The van der Waals surface area contributed by atoms with Gasteiger partial charge in [0.25, 0.3) is 0 Å². The quantitative estimate of drug-likeness (QED) is 0.780. The molecule has 1 aromatic rings. The van der Waals surface area contributed by atoms with E-state index in [0.717, 1.165) is 23.0 Å². The molecule has 0 fully saturated rings. The SMILES string of the molecule is CCCCNCC(O)c1ccc(Br)cc1. The van der Waals surface area contributed by atoms with Crippen LogP contribution in [0.3, 0.4) is 0 Å². The van der Waals surface area contributed by atoms with Crippen LogP contribution >= 0.6 is 15.9 Å². The van der Waals surface area contributed by atoms with E-state index in [0.29, 0.717) is 6.54 Å². The van der Waals surface area contributed by atoms with Gasteiger partial charge in [0.15, 0.2) is 0 Å². The average molecular weight is 272 g/mol. The first-order valence-corrected chi connectivity index (χ1v) is 6.17. The van der Waals surface area contributed by atoms with E-state index < -0.39 is 6.10 Å². The summed E-state index contributed by atoms with van der Waals surface area (Å²) in [5.74, 6) is 0. The van der Waals surface area contributed by atoms with Gasteiger partial charge >= 0.3 is 0 Å². The van der Waals surface area contributed by atoms with Gasteiger partial charge in [-0.15, -0.1) is 0 Å². The van der Waals surface area contributed by atoms with E-state index >= 15 is 0 Å². The third-order valence-electron chi connectivity index (χ3n) is 2.30. The van der Waals surface area contributed by atoms with Crippen LogP contribution in [0.1, 0.15) is 31.4 Å². The van der Waals surface area contributed by atoms with Crippen molar-refractivity contribution in [1.29, 1.82) is 0 Å². The van der Waals surface area contributed by atoms with Crippen molar-refractivity contribution in [1.82, 2.24) is 5.32 Å². The molecule has 84 valence electrons. The summed E-state index contributed by atoms with van der Waals surface area (Å²) >= 11 is 3.37. The van der Waals surface area contributed by atoms with Crippen molar-refractivity contribution in [2.45, 2.75) is 25.9 Å². The van der Waals surface area contributed by atoms with Crippen LogP contribution in [0.4, 0.5) is 0 Å². The maximum Gasteiger partial charge on any atom is 0.0914 e. The molecule has 0 heterocycles. The fourth-order valence-corrected chi connectivity index (χ4v) is 1.61. The fourth-order valence-electron chi connectivity index (χ4n) is 1.34. The third-order valence-corrected chi connectivity index (χ3v) is 2.83. The van der Waals surface area contributed by atoms with E-state index in [1.54, 1.807) is 0 Å². The minimum absolute atomic E-state index is 0.407. The van der Waals surface area contributed by atoms with Crippen LogP contribution in [0, 0.1) is 0 Å². The van der Waals surface area contributed by atoms with E-state index in [-0.39, 0.29) is 0 Å². The third kappa shape index (κ3) is 4.78. The highest BCUT2D eigenvalue weighted by Crippen LogP contribution is 2.16. The van der Waals surface area contributed by atoms with E-state index in [4.69, 9.17) is 0 Å². The molecule has 3 heteroatoms. The molecule has 0 saturated carbocycles. The molecule has 1 aromatic carbocycles. The normalized spacial score (nSPS) is 12.7. The van der Waals surface area contributed by atoms with Crippen molar-refractivity contribution in [3.05, 3.63) is 34.3 Å². The minimum atomic E-state index is -0.407. The summed E-state index contributed by atoms with van der Waals surface area (Å²) in [6.07, 6.45) is 1.93. The zero-order valence-electron chi connectivity index (χ0n) is 9.04. The molecule has 0 spiro atoms. The first-order valence-electron chi connectivity index (χ1n) is 5.38. The molecule has 1 rings (SSSR count). The largest absolute Gasteiger partial charge is 0.387 e. The molecule has 0 bridgehead atoms. The lowest BCUT2D eigenvalue weighted by atomic mass is 10.1. The van der Waals surface area contributed by atoms with E-state index in [1.807, 2.05) is 24.3 Å². The van der Waals surface area contributed by atoms with Crippen LogP contribution in [0.2, 0.25) is 0 Å². The van der Waals surface area contributed by atoms with Crippen molar-refractivity contribution in [2.75, 3.05) is 13.1 Å². The second kappa shape index (κ2) is 6.99. The summed E-state index contributed by atoms with van der Waals surface area (Å²) in [6, 6.07) is 7.78. The summed E-state index contributed by atoms with van der Waals surface area (Å²) < 4.78 is 1.04. The lowest BCUT2D eigenvalue weighted by Gasteiger charge is -2.11. The van der Waals surface area contributed by atoms with E-state index in [2.05, 4.69) is 28.2 Å². The Morgan fingerprint density at radius 2 is 2.00 bits per heavy atom. The summed E-state index contributed by atoms with van der Waals surface area (Å²) in [7, 11) is 0. The highest BCUT2D eigenvalue weighted by atomic mass is 79.9. The topological polar surface area (TPSA) is 32.3 Å². The zero-order valence-corrected chi connectivity index (χ0v) is 10.6. The maximum atomic E-state index is 9.83. The summed E-state index contributed by atoms with van der Waals surface area (Å²) in [5.41, 5.74) is 0.960. The van der Waals surface area contributed by atoms with Crippen molar-refractivity contribution in [3.63, 3.8) is 0 Å². The van der Waals surface area contributed by atoms with Gasteiger partial charge in [-0.1, -0.05) is 41.4 Å². The number of aliphatic hydroxyl groups is 1. The number of aliphatic hydroxyl groups excluding tert-OH is 1. The molecule has 0 saturated heterocycles. The number of hydrogen-bond donors (Lipinski definition) is 2. The maximum absolute atomic E-state index is 9.83. The average Bonchev–Trinajstić information content (AvgIpc) is 2.25. The van der Waals surface area contributed by atoms with E-state index in [9.17, 15) is 5.11 Å². The summed E-state index contributed by atoms with van der Waals surface area (Å²) in [6.45, 7) is 3.76. The molecule has 15 heavy (non-hydrogen) atoms. The molecule has 0 aromatic heterocycles. The number of halogens is 1. The molecule has 0 aliphatic heterocycles. The summed E-state index contributed by atoms with van der Waals surface area (Å²) in [4.78, 5) is 0. The van der Waals surface area contributed by atoms with Gasteiger partial charge in [0.1, 0.15) is 0 Å². The second-order valence-electron chi connectivity index (χ2n) is 3.63. The first kappa shape index (κ1) is 12.7. The van der Waals surface area contributed by atoms with Crippen molar-refractivity contribution in [3.8, 4) is 0 Å². The zero-order chi connectivity index (χ0) is 11.1. The van der Waals surface area contributed by atoms with E-state index in [1.165, 1.54) is 6.42 Å². The molecule has 0 radical (unpaired) electrons. The second-order valence-corrected chi connectivity index (χ2v) is 4.54. The predicted octanol–water partition coefficient (Wildman–Crippen LogP) is 2.87. The van der Waals surface area contributed by atoms with Gasteiger partial charge in [-0.05, 0) is 30.7 Å². The molecule has 0 amide bonds. The van der Waals surface area contributed by atoms with Gasteiger partial charge in [-0.25, -0.2) is 0 Å². The summed E-state index contributed by atoms with van der Waals surface area (Å²) in [5, 5.41) is 13.1. The first-order chi connectivity index (χ1) is 7.24. The number of hydrogen-bond acceptors (Lipinski definition) is 2. The molecular formula is C12H18BrNO. The number of nitrogens with one attached hydrogen (secondary N) is 1. The number of unbranched alkanes of at least 4 members (excludes halogenated alkanes) is 1. The smallest absolute Gasteiger partial charge is 0.0914 e. The Balaban J connectivity index is 2.33. The fraction of sp³-hybridized carbons (Fsp3) is 0.500. The van der Waals surface area contributed by atoms with Crippen LogP contribution in [0.15, 0.2) is 28.7 Å². The molecule has 0 aliphatic carbocycles. The standard InChI is InChI=1S/C12H18BrNO/c1-2-3-8-14-9-12(15)10-4-6-11(13)7-5-10/h4-7,12,14-15H,2-3,8-9H2,1H3. The van der Waals surface area contributed by atoms with Crippen molar-refractivity contribution in [2.24, 2.45) is 0 Å². The lowest BCUT2D eigenvalue weighted by Crippen LogP contribution is -2.22. The van der Waals surface area contributed by atoms with Crippen molar-refractivity contribution >= 4 is 15.9 Å². The van der Waals surface area contributed by atoms with Gasteiger partial charge in [-0.3, -0.25) is 0 Å². The van der Waals surface area contributed by atoms with Crippen LogP contribution in [-0.2, 0) is 0 Å². The Bertz CT molecular complexity index is 273. The highest BCUT2D eigenvalue weighted by Gasteiger charge is 2.05. The number of benzene rings is 1. The van der Waals surface area contributed by atoms with Gasteiger partial charge in [0.2, 0.25) is 0 Å². The molecule has 0 aliphatic rings. The Hall–Kier alpha value is -0.380.